The van der Waals surface area contributed by atoms with Crippen molar-refractivity contribution < 1.29 is 35.5 Å². The fraction of sp³-hybridized carbons (Fsp3) is 0.357. The Kier molecular flexibility index (Phi) is 5.16. The molecule has 10 heteroatoms. The second-order valence-corrected chi connectivity index (χ2v) is 6.86. The van der Waals surface area contributed by atoms with Crippen molar-refractivity contribution in [3.63, 3.8) is 0 Å². The lowest BCUT2D eigenvalue weighted by Crippen LogP contribution is -2.22. The largest absolute Gasteiger partial charge is 0.462 e. The topological polar surface area (TPSA) is 72.5 Å². The average Bonchev–Trinajstić information content (AvgIpc) is 3.33. The molecule has 1 aliphatic carbocycles. The highest BCUT2D eigenvalue weighted by Gasteiger charge is 2.35. The van der Waals surface area contributed by atoms with Crippen LogP contribution in [0.4, 0.5) is 17.6 Å². The van der Waals surface area contributed by atoms with Crippen LogP contribution < -0.4 is 5.32 Å². The smallest absolute Gasteiger partial charge is 0.351 e. The van der Waals surface area contributed by atoms with Gasteiger partial charge >= 0.3 is 5.97 Å². The number of esters is 1. The van der Waals surface area contributed by atoms with Gasteiger partial charge in [-0.2, -0.15) is 0 Å². The Balaban J connectivity index is 2.55. The third-order valence-corrected chi connectivity index (χ3v) is 4.89. The zero-order valence-corrected chi connectivity index (χ0v) is 13.2. The van der Waals surface area contributed by atoms with Crippen LogP contribution in [0.1, 0.15) is 19.8 Å². The van der Waals surface area contributed by atoms with Crippen molar-refractivity contribution in [2.45, 2.75) is 30.7 Å². The summed E-state index contributed by atoms with van der Waals surface area (Å²) >= 11 is 0. The van der Waals surface area contributed by atoms with Gasteiger partial charge in [-0.25, -0.2) is 30.8 Å². The minimum absolute atomic E-state index is 0.0206. The van der Waals surface area contributed by atoms with E-state index in [0.29, 0.717) is 0 Å². The van der Waals surface area contributed by atoms with E-state index in [9.17, 15) is 30.8 Å². The molecule has 0 aliphatic heterocycles. The van der Waals surface area contributed by atoms with Crippen molar-refractivity contribution in [1.29, 1.82) is 0 Å². The first-order valence-electron chi connectivity index (χ1n) is 6.91. The van der Waals surface area contributed by atoms with E-state index in [4.69, 9.17) is 0 Å². The van der Waals surface area contributed by atoms with E-state index in [1.54, 1.807) is 0 Å². The number of hydrogen-bond acceptors (Lipinski definition) is 5. The van der Waals surface area contributed by atoms with E-state index in [0.717, 1.165) is 19.0 Å². The molecule has 1 N–H and O–H groups in total. The maximum atomic E-state index is 13.8. The molecule has 1 aromatic rings. The maximum absolute atomic E-state index is 13.8. The molecule has 2 rings (SSSR count). The molecule has 0 bridgehead atoms. The number of ether oxygens (including phenoxy) is 1. The first-order chi connectivity index (χ1) is 11.2. The number of sulfone groups is 1. The van der Waals surface area contributed by atoms with Gasteiger partial charge < -0.3 is 10.1 Å². The first-order valence-corrected chi connectivity index (χ1v) is 8.39. The first kappa shape index (κ1) is 18.2. The van der Waals surface area contributed by atoms with Crippen LogP contribution in [0.3, 0.4) is 0 Å². The summed E-state index contributed by atoms with van der Waals surface area (Å²) in [6.45, 7) is 1.23. The van der Waals surface area contributed by atoms with Crippen molar-refractivity contribution in [1.82, 2.24) is 5.32 Å². The van der Waals surface area contributed by atoms with Gasteiger partial charge in [0.15, 0.2) is 28.2 Å². The van der Waals surface area contributed by atoms with Gasteiger partial charge in [0.25, 0.3) is 0 Å². The fourth-order valence-corrected chi connectivity index (χ4v) is 3.08. The Hall–Kier alpha value is -2.10. The summed E-state index contributed by atoms with van der Waals surface area (Å²) in [5.74, 6) is -9.77. The van der Waals surface area contributed by atoms with E-state index < -0.39 is 48.9 Å². The van der Waals surface area contributed by atoms with Crippen LogP contribution in [0, 0.1) is 23.3 Å². The summed E-state index contributed by atoms with van der Waals surface area (Å²) in [6, 6.07) is -0.0797. The number of carbonyl (C=O) groups is 1. The third kappa shape index (κ3) is 3.53. The quantitative estimate of drug-likeness (QED) is 0.208. The molecule has 1 fully saturated rings. The van der Waals surface area contributed by atoms with E-state index in [1.165, 1.54) is 6.92 Å². The summed E-state index contributed by atoms with van der Waals surface area (Å²) in [7, 11) is -4.98. The highest BCUT2D eigenvalue weighted by atomic mass is 32.2. The number of carbonyl (C=O) groups excluding carboxylic acids is 1. The molecule has 1 saturated carbocycles. The molecule has 0 unspecified atom stereocenters. The van der Waals surface area contributed by atoms with Crippen molar-refractivity contribution in [3.05, 3.63) is 40.4 Å². The molecule has 0 atom stereocenters. The lowest BCUT2D eigenvalue weighted by Gasteiger charge is -2.11. The molecule has 0 saturated heterocycles. The van der Waals surface area contributed by atoms with Gasteiger partial charge in [0.05, 0.1) is 6.61 Å². The van der Waals surface area contributed by atoms with Gasteiger partial charge in [0.1, 0.15) is 4.90 Å². The number of hydrogen-bond donors (Lipinski definition) is 1. The van der Waals surface area contributed by atoms with Crippen molar-refractivity contribution in [2.24, 2.45) is 0 Å². The van der Waals surface area contributed by atoms with Crippen LogP contribution in [0.2, 0.25) is 0 Å². The molecule has 0 aromatic heterocycles. The Labute approximate surface area is 135 Å². The molecular weight excluding hydrogens is 354 g/mol. The zero-order chi connectivity index (χ0) is 18.1. The molecule has 0 amide bonds. The second kappa shape index (κ2) is 6.80. The molecular formula is C14H13F4NO4S. The molecule has 132 valence electrons. The summed E-state index contributed by atoms with van der Waals surface area (Å²) in [6.07, 6.45) is 2.27. The van der Waals surface area contributed by atoms with Gasteiger partial charge in [-0.15, -0.1) is 0 Å². The molecule has 24 heavy (non-hydrogen) atoms. The SMILES string of the molecule is CCOC(=O)/C(=C\NC1CC1)S(=O)(=O)c1cc(F)c(F)c(F)c1F. The standard InChI is InChI=1S/C14H13F4NO4S/c1-2-23-14(20)10(6-19-7-3-4-7)24(21,22)9-5-8(15)11(16)13(18)12(9)17/h5-7,19H,2-4H2,1H3/b10-6+. The second-order valence-electron chi connectivity index (χ2n) is 4.97. The highest BCUT2D eigenvalue weighted by molar-refractivity contribution is 7.96. The fourth-order valence-electron chi connectivity index (χ4n) is 1.76. The van der Waals surface area contributed by atoms with E-state index in [1.807, 2.05) is 0 Å². The molecule has 1 aliphatic rings. The molecule has 0 heterocycles. The van der Waals surface area contributed by atoms with E-state index in [2.05, 4.69) is 10.1 Å². The van der Waals surface area contributed by atoms with Crippen LogP contribution in [0.25, 0.3) is 0 Å². The van der Waals surface area contributed by atoms with Crippen LogP contribution in [0.15, 0.2) is 22.1 Å². The normalized spacial score (nSPS) is 15.3. The molecule has 0 radical (unpaired) electrons. The average molecular weight is 367 g/mol. The van der Waals surface area contributed by atoms with Crippen LogP contribution in [-0.4, -0.2) is 27.0 Å². The Bertz CT molecular complexity index is 803. The summed E-state index contributed by atoms with van der Waals surface area (Å²) in [5, 5.41) is 2.61. The number of rotatable bonds is 6. The summed E-state index contributed by atoms with van der Waals surface area (Å²) in [5.41, 5.74) is 0. The number of nitrogens with one attached hydrogen (secondary N) is 1. The molecule has 5 nitrogen and oxygen atoms in total. The monoisotopic (exact) mass is 367 g/mol. The van der Waals surface area contributed by atoms with Crippen molar-refractivity contribution in [3.8, 4) is 0 Å². The highest BCUT2D eigenvalue weighted by Crippen LogP contribution is 2.28. The number of benzene rings is 1. The lowest BCUT2D eigenvalue weighted by atomic mass is 10.3. The lowest BCUT2D eigenvalue weighted by molar-refractivity contribution is -0.137. The predicted molar refractivity (Wildman–Crippen MR) is 74.3 cm³/mol. The maximum Gasteiger partial charge on any atom is 0.351 e. The number of halogens is 4. The Morgan fingerprint density at radius 1 is 1.25 bits per heavy atom. The molecule has 1 aromatic carbocycles. The Morgan fingerprint density at radius 2 is 1.88 bits per heavy atom. The van der Waals surface area contributed by atoms with Crippen LogP contribution in [0.5, 0.6) is 0 Å². The van der Waals surface area contributed by atoms with E-state index >= 15 is 0 Å². The van der Waals surface area contributed by atoms with Gasteiger partial charge in [-0.1, -0.05) is 0 Å². The van der Waals surface area contributed by atoms with Crippen molar-refractivity contribution in [2.75, 3.05) is 6.61 Å². The van der Waals surface area contributed by atoms with Crippen LogP contribution >= 0.6 is 0 Å². The minimum atomic E-state index is -4.98. The zero-order valence-electron chi connectivity index (χ0n) is 12.4. The van der Waals surface area contributed by atoms with Crippen molar-refractivity contribution >= 4 is 15.8 Å². The minimum Gasteiger partial charge on any atom is -0.462 e. The van der Waals surface area contributed by atoms with Gasteiger partial charge in [-0.05, 0) is 25.8 Å². The third-order valence-electron chi connectivity index (χ3n) is 3.15. The summed E-state index contributed by atoms with van der Waals surface area (Å²) < 4.78 is 82.8. The summed E-state index contributed by atoms with van der Waals surface area (Å²) in [4.78, 5) is 9.33. The van der Waals surface area contributed by atoms with E-state index in [-0.39, 0.29) is 18.7 Å². The van der Waals surface area contributed by atoms with Crippen LogP contribution in [-0.2, 0) is 19.4 Å². The van der Waals surface area contributed by atoms with Gasteiger partial charge in [-0.3, -0.25) is 0 Å². The predicted octanol–water partition coefficient (Wildman–Crippen LogP) is 2.17. The van der Waals surface area contributed by atoms with Gasteiger partial charge in [0.2, 0.25) is 9.84 Å². The Morgan fingerprint density at radius 3 is 2.42 bits per heavy atom. The van der Waals surface area contributed by atoms with Gasteiger partial charge in [0, 0.05) is 12.2 Å². The molecule has 0 spiro atoms.